The molecule has 2 amide bonds. The van der Waals surface area contributed by atoms with Crippen molar-refractivity contribution in [2.24, 2.45) is 0 Å². The average molecular weight is 367 g/mol. The van der Waals surface area contributed by atoms with Gasteiger partial charge in [0.2, 0.25) is 0 Å². The molecule has 0 bridgehead atoms. The van der Waals surface area contributed by atoms with Crippen LogP contribution in [0, 0.1) is 6.92 Å². The normalized spacial score (nSPS) is 14.4. The highest BCUT2D eigenvalue weighted by Gasteiger charge is 2.36. The van der Waals surface area contributed by atoms with Gasteiger partial charge in [-0.25, -0.2) is 9.80 Å². The zero-order valence-corrected chi connectivity index (χ0v) is 16.2. The van der Waals surface area contributed by atoms with Gasteiger partial charge < -0.3 is 4.74 Å². The van der Waals surface area contributed by atoms with Crippen molar-refractivity contribution >= 4 is 12.0 Å². The van der Waals surface area contributed by atoms with Gasteiger partial charge in [0.1, 0.15) is 5.60 Å². The van der Waals surface area contributed by atoms with E-state index in [-0.39, 0.29) is 0 Å². The molecule has 1 aromatic carbocycles. The van der Waals surface area contributed by atoms with Gasteiger partial charge in [-0.05, 0) is 45.2 Å². The van der Waals surface area contributed by atoms with Crippen LogP contribution in [0.2, 0.25) is 0 Å². The Morgan fingerprint density at radius 1 is 1.11 bits per heavy atom. The van der Waals surface area contributed by atoms with Crippen LogP contribution in [-0.2, 0) is 4.74 Å². The first-order chi connectivity index (χ1) is 12.8. The Hall–Kier alpha value is -2.73. The summed E-state index contributed by atoms with van der Waals surface area (Å²) in [7, 11) is 0. The lowest BCUT2D eigenvalue weighted by Crippen LogP contribution is -2.57. The fourth-order valence-electron chi connectivity index (χ4n) is 2.90. The number of carbonyl (C=O) groups is 2. The number of hydrazine groups is 1. The molecule has 0 saturated carbocycles. The number of hydrogen-bond acceptors (Lipinski definition) is 5. The second-order valence-corrected chi connectivity index (χ2v) is 7.63. The number of pyridine rings is 1. The van der Waals surface area contributed by atoms with Crippen molar-refractivity contribution in [3.63, 3.8) is 0 Å². The Morgan fingerprint density at radius 2 is 1.78 bits per heavy atom. The molecule has 1 saturated heterocycles. The van der Waals surface area contributed by atoms with Crippen LogP contribution in [0.4, 0.5) is 4.79 Å². The largest absolute Gasteiger partial charge is 0.442 e. The molecule has 0 unspecified atom stereocenters. The first-order valence-electron chi connectivity index (χ1n) is 9.10. The number of amides is 2. The number of rotatable bonds is 3. The highest BCUT2D eigenvalue weighted by molar-refractivity contribution is 6.04. The SMILES string of the molecule is Cc1c(C(=O)N(C(=O)OC(C)(C)C)N2CCC2)cncc1-c1ccccc1. The van der Waals surface area contributed by atoms with Gasteiger partial charge in [0.15, 0.2) is 0 Å². The van der Waals surface area contributed by atoms with Gasteiger partial charge in [-0.15, -0.1) is 0 Å². The van der Waals surface area contributed by atoms with Crippen molar-refractivity contribution < 1.29 is 14.3 Å². The molecule has 6 nitrogen and oxygen atoms in total. The van der Waals surface area contributed by atoms with Gasteiger partial charge in [-0.1, -0.05) is 30.3 Å². The molecule has 0 aliphatic carbocycles. The van der Waals surface area contributed by atoms with Crippen LogP contribution < -0.4 is 0 Å². The van der Waals surface area contributed by atoms with Crippen molar-refractivity contribution in [1.29, 1.82) is 0 Å². The van der Waals surface area contributed by atoms with Crippen LogP contribution in [0.15, 0.2) is 42.7 Å². The van der Waals surface area contributed by atoms with E-state index in [0.717, 1.165) is 28.1 Å². The standard InChI is InChI=1S/C21H25N3O3/c1-15-17(16-9-6-5-7-10-16)13-22-14-18(15)19(25)24(23-11-8-12-23)20(26)27-21(2,3)4/h5-7,9-10,13-14H,8,11-12H2,1-4H3. The Bertz CT molecular complexity index is 839. The maximum atomic E-state index is 13.3. The number of imide groups is 1. The van der Waals surface area contributed by atoms with Crippen molar-refractivity contribution in [3.05, 3.63) is 53.9 Å². The second kappa shape index (κ2) is 7.48. The van der Waals surface area contributed by atoms with E-state index < -0.39 is 17.6 Å². The highest BCUT2D eigenvalue weighted by Crippen LogP contribution is 2.27. The molecule has 0 atom stereocenters. The number of carbonyl (C=O) groups excluding carboxylic acids is 2. The first-order valence-corrected chi connectivity index (χ1v) is 9.10. The minimum absolute atomic E-state index is 0.397. The van der Waals surface area contributed by atoms with E-state index in [4.69, 9.17) is 4.74 Å². The lowest BCUT2D eigenvalue weighted by atomic mass is 9.99. The molecule has 1 aliphatic heterocycles. The van der Waals surface area contributed by atoms with Crippen molar-refractivity contribution in [2.75, 3.05) is 13.1 Å². The van der Waals surface area contributed by atoms with Crippen molar-refractivity contribution in [2.45, 2.75) is 39.7 Å². The first kappa shape index (κ1) is 19.0. The molecule has 0 spiro atoms. The Morgan fingerprint density at radius 3 is 2.33 bits per heavy atom. The van der Waals surface area contributed by atoms with Crippen LogP contribution in [0.25, 0.3) is 11.1 Å². The van der Waals surface area contributed by atoms with Gasteiger partial charge in [0, 0.05) is 31.0 Å². The van der Waals surface area contributed by atoms with Gasteiger partial charge in [0.25, 0.3) is 5.91 Å². The zero-order valence-electron chi connectivity index (χ0n) is 16.2. The molecule has 1 aromatic heterocycles. The fraction of sp³-hybridized carbons (Fsp3) is 0.381. The number of ether oxygens (including phenoxy) is 1. The molecular formula is C21H25N3O3. The summed E-state index contributed by atoms with van der Waals surface area (Å²) in [6.07, 6.45) is 3.54. The summed E-state index contributed by atoms with van der Waals surface area (Å²) in [6, 6.07) is 9.76. The second-order valence-electron chi connectivity index (χ2n) is 7.63. The molecule has 2 heterocycles. The van der Waals surface area contributed by atoms with Crippen LogP contribution in [0.5, 0.6) is 0 Å². The Labute approximate surface area is 159 Å². The van der Waals surface area contributed by atoms with Crippen molar-refractivity contribution in [1.82, 2.24) is 15.0 Å². The lowest BCUT2D eigenvalue weighted by molar-refractivity contribution is -0.0609. The van der Waals surface area contributed by atoms with Gasteiger partial charge in [-0.3, -0.25) is 9.78 Å². The summed E-state index contributed by atoms with van der Waals surface area (Å²) in [5.41, 5.74) is 2.35. The van der Waals surface area contributed by atoms with Crippen LogP contribution >= 0.6 is 0 Å². The van der Waals surface area contributed by atoms with E-state index in [1.807, 2.05) is 37.3 Å². The summed E-state index contributed by atoms with van der Waals surface area (Å²) in [5, 5.41) is 2.83. The third kappa shape index (κ3) is 4.17. The van der Waals surface area contributed by atoms with E-state index >= 15 is 0 Å². The van der Waals surface area contributed by atoms with E-state index in [1.165, 1.54) is 6.20 Å². The number of benzene rings is 1. The monoisotopic (exact) mass is 367 g/mol. The summed E-state index contributed by atoms with van der Waals surface area (Å²) in [4.78, 5) is 30.2. The molecule has 142 valence electrons. The molecule has 1 fully saturated rings. The summed E-state index contributed by atoms with van der Waals surface area (Å²) < 4.78 is 5.46. The molecular weight excluding hydrogens is 342 g/mol. The summed E-state index contributed by atoms with van der Waals surface area (Å²) in [6.45, 7) is 8.53. The van der Waals surface area contributed by atoms with E-state index in [9.17, 15) is 9.59 Å². The number of aromatic nitrogens is 1. The highest BCUT2D eigenvalue weighted by atomic mass is 16.6. The summed E-state index contributed by atoms with van der Waals surface area (Å²) in [5.74, 6) is -0.410. The number of hydrogen-bond donors (Lipinski definition) is 0. The third-order valence-corrected chi connectivity index (χ3v) is 4.40. The zero-order chi connectivity index (χ0) is 19.6. The van der Waals surface area contributed by atoms with Gasteiger partial charge >= 0.3 is 6.09 Å². The smallest absolute Gasteiger partial charge is 0.432 e. The van der Waals surface area contributed by atoms with Gasteiger partial charge in [0.05, 0.1) is 5.56 Å². The van der Waals surface area contributed by atoms with Crippen molar-refractivity contribution in [3.8, 4) is 11.1 Å². The van der Waals surface area contributed by atoms with E-state index in [1.54, 1.807) is 32.0 Å². The van der Waals surface area contributed by atoms with E-state index in [2.05, 4.69) is 4.98 Å². The molecule has 0 N–H and O–H groups in total. The molecule has 1 aliphatic rings. The predicted octanol–water partition coefficient (Wildman–Crippen LogP) is 4.06. The topological polar surface area (TPSA) is 62.7 Å². The van der Waals surface area contributed by atoms with Crippen LogP contribution in [-0.4, -0.2) is 45.7 Å². The Balaban J connectivity index is 1.96. The van der Waals surface area contributed by atoms with Gasteiger partial charge in [-0.2, -0.15) is 5.01 Å². The quantitative estimate of drug-likeness (QED) is 0.819. The molecule has 0 radical (unpaired) electrons. The van der Waals surface area contributed by atoms with Crippen LogP contribution in [0.1, 0.15) is 43.1 Å². The summed E-state index contributed by atoms with van der Waals surface area (Å²) >= 11 is 0. The molecule has 27 heavy (non-hydrogen) atoms. The molecule has 2 aromatic rings. The molecule has 3 rings (SSSR count). The minimum Gasteiger partial charge on any atom is -0.442 e. The third-order valence-electron chi connectivity index (χ3n) is 4.40. The average Bonchev–Trinajstić information content (AvgIpc) is 2.56. The maximum Gasteiger partial charge on any atom is 0.432 e. The fourth-order valence-corrected chi connectivity index (χ4v) is 2.90. The Kier molecular flexibility index (Phi) is 5.28. The lowest BCUT2D eigenvalue weighted by Gasteiger charge is -2.39. The van der Waals surface area contributed by atoms with E-state index in [0.29, 0.717) is 18.7 Å². The van der Waals surface area contributed by atoms with Crippen LogP contribution in [0.3, 0.4) is 0 Å². The maximum absolute atomic E-state index is 13.3. The molecule has 6 heteroatoms. The predicted molar refractivity (Wildman–Crippen MR) is 103 cm³/mol. The minimum atomic E-state index is -0.681. The number of nitrogens with zero attached hydrogens (tertiary/aromatic N) is 3.